The van der Waals surface area contributed by atoms with E-state index in [0.29, 0.717) is 0 Å². The molecule has 1 nitrogen and oxygen atoms in total. The zero-order valence-electron chi connectivity index (χ0n) is 5.19. The van der Waals surface area contributed by atoms with Crippen molar-refractivity contribution in [1.29, 1.82) is 0 Å². The number of nitrogens with zero attached hydrogens (tertiary/aromatic N) is 1. The van der Waals surface area contributed by atoms with Gasteiger partial charge in [-0.2, -0.15) is 0 Å². The molecular formula is C7H7BrN. The lowest BCUT2D eigenvalue weighted by molar-refractivity contribution is 1.16. The molecule has 47 valence electrons. The average Bonchev–Trinajstić information content (AvgIpc) is 1.88. The first-order valence-corrected chi connectivity index (χ1v) is 3.85. The summed E-state index contributed by atoms with van der Waals surface area (Å²) in [5, 5.41) is 0.857. The molecule has 0 amide bonds. The highest BCUT2D eigenvalue weighted by Crippen LogP contribution is 2.03. The summed E-state index contributed by atoms with van der Waals surface area (Å²) >= 11 is 3.33. The Morgan fingerprint density at radius 2 is 2.56 bits per heavy atom. The molecule has 0 atom stereocenters. The van der Waals surface area contributed by atoms with Crippen molar-refractivity contribution in [2.75, 3.05) is 0 Å². The predicted molar refractivity (Wildman–Crippen MR) is 40.4 cm³/mol. The van der Waals surface area contributed by atoms with E-state index in [-0.39, 0.29) is 0 Å². The topological polar surface area (TPSA) is 12.9 Å². The van der Waals surface area contributed by atoms with Crippen LogP contribution in [0, 0.1) is 13.0 Å². The highest BCUT2D eigenvalue weighted by atomic mass is 79.9. The van der Waals surface area contributed by atoms with Gasteiger partial charge in [0.2, 0.25) is 0 Å². The Balaban J connectivity index is 2.94. The molecule has 0 fully saturated rings. The molecule has 0 unspecified atom stereocenters. The molecular weight excluding hydrogens is 178 g/mol. The van der Waals surface area contributed by atoms with Crippen LogP contribution < -0.4 is 0 Å². The lowest BCUT2D eigenvalue weighted by atomic mass is 10.3. The Labute approximate surface area is 63.2 Å². The Kier molecular flexibility index (Phi) is 2.22. The summed E-state index contributed by atoms with van der Waals surface area (Å²) in [4.78, 5) is 4.01. The van der Waals surface area contributed by atoms with Crippen LogP contribution in [0.1, 0.15) is 11.3 Å². The molecule has 0 aliphatic heterocycles. The zero-order valence-corrected chi connectivity index (χ0v) is 6.77. The molecule has 1 heterocycles. The second-order valence-electron chi connectivity index (χ2n) is 1.81. The molecule has 0 aliphatic rings. The lowest BCUT2D eigenvalue weighted by Crippen LogP contribution is -1.82. The van der Waals surface area contributed by atoms with Crippen LogP contribution in [-0.4, -0.2) is 4.98 Å². The molecule has 0 aromatic carbocycles. The van der Waals surface area contributed by atoms with Gasteiger partial charge in [0.1, 0.15) is 0 Å². The summed E-state index contributed by atoms with van der Waals surface area (Å²) in [5.41, 5.74) is 2.11. The van der Waals surface area contributed by atoms with Crippen molar-refractivity contribution in [2.24, 2.45) is 0 Å². The monoisotopic (exact) mass is 184 g/mol. The molecule has 1 radical (unpaired) electrons. The van der Waals surface area contributed by atoms with Crippen molar-refractivity contribution in [3.8, 4) is 0 Å². The quantitative estimate of drug-likeness (QED) is 0.610. The van der Waals surface area contributed by atoms with Crippen molar-refractivity contribution < 1.29 is 0 Å². The molecule has 0 saturated carbocycles. The fraction of sp³-hybridized carbons (Fsp3) is 0.286. The number of rotatable bonds is 1. The van der Waals surface area contributed by atoms with Crippen LogP contribution in [0.15, 0.2) is 12.3 Å². The number of aryl methyl sites for hydroxylation is 1. The highest BCUT2D eigenvalue weighted by Gasteiger charge is 1.89. The van der Waals surface area contributed by atoms with E-state index in [1.807, 2.05) is 13.0 Å². The van der Waals surface area contributed by atoms with Gasteiger partial charge < -0.3 is 0 Å². The summed E-state index contributed by atoms with van der Waals surface area (Å²) in [7, 11) is 0. The van der Waals surface area contributed by atoms with Crippen molar-refractivity contribution >= 4 is 15.9 Å². The van der Waals surface area contributed by atoms with Gasteiger partial charge in [-0.15, -0.1) is 0 Å². The van der Waals surface area contributed by atoms with Crippen molar-refractivity contribution in [2.45, 2.75) is 12.3 Å². The van der Waals surface area contributed by atoms with Gasteiger partial charge in [0.05, 0.1) is 0 Å². The van der Waals surface area contributed by atoms with E-state index in [1.54, 1.807) is 6.20 Å². The molecule has 1 aromatic heterocycles. The molecule has 0 spiro atoms. The molecule has 0 aliphatic carbocycles. The number of halogens is 1. The van der Waals surface area contributed by atoms with Gasteiger partial charge in [0, 0.05) is 23.3 Å². The van der Waals surface area contributed by atoms with Gasteiger partial charge in [0.25, 0.3) is 0 Å². The molecule has 0 N–H and O–H groups in total. The number of aromatic nitrogens is 1. The van der Waals surface area contributed by atoms with Gasteiger partial charge in [-0.05, 0) is 18.6 Å². The molecule has 0 saturated heterocycles. The maximum atomic E-state index is 4.01. The van der Waals surface area contributed by atoms with Crippen LogP contribution in [0.4, 0.5) is 0 Å². The third-order valence-corrected chi connectivity index (χ3v) is 1.63. The van der Waals surface area contributed by atoms with Gasteiger partial charge >= 0.3 is 0 Å². The minimum Gasteiger partial charge on any atom is -0.261 e. The smallest absolute Gasteiger partial charge is 0.0454 e. The van der Waals surface area contributed by atoms with E-state index in [9.17, 15) is 0 Å². The maximum absolute atomic E-state index is 4.01. The molecule has 1 aromatic rings. The van der Waals surface area contributed by atoms with E-state index in [0.717, 1.165) is 16.6 Å². The van der Waals surface area contributed by atoms with E-state index >= 15 is 0 Å². The third kappa shape index (κ3) is 1.79. The lowest BCUT2D eigenvalue weighted by Gasteiger charge is -1.92. The summed E-state index contributed by atoms with van der Waals surface area (Å²) in [5.74, 6) is 0. The molecule has 0 bridgehead atoms. The van der Waals surface area contributed by atoms with Crippen LogP contribution in [0.2, 0.25) is 0 Å². The Morgan fingerprint density at radius 3 is 3.00 bits per heavy atom. The summed E-state index contributed by atoms with van der Waals surface area (Å²) in [6.07, 6.45) is 1.79. The van der Waals surface area contributed by atoms with E-state index in [1.165, 1.54) is 0 Å². The minimum absolute atomic E-state index is 0.857. The van der Waals surface area contributed by atoms with Crippen molar-refractivity contribution in [1.82, 2.24) is 4.98 Å². The van der Waals surface area contributed by atoms with Crippen molar-refractivity contribution in [3.63, 3.8) is 0 Å². The molecule has 1 rings (SSSR count). The van der Waals surface area contributed by atoms with E-state index in [4.69, 9.17) is 0 Å². The van der Waals surface area contributed by atoms with Gasteiger partial charge in [-0.3, -0.25) is 4.98 Å². The van der Waals surface area contributed by atoms with Crippen LogP contribution in [0.3, 0.4) is 0 Å². The van der Waals surface area contributed by atoms with Gasteiger partial charge in [0.15, 0.2) is 0 Å². The van der Waals surface area contributed by atoms with Gasteiger partial charge in [-0.25, -0.2) is 0 Å². The summed E-state index contributed by atoms with van der Waals surface area (Å²) in [6, 6.07) is 5.05. The number of pyridine rings is 1. The van der Waals surface area contributed by atoms with Crippen LogP contribution in [0.25, 0.3) is 0 Å². The Morgan fingerprint density at radius 1 is 1.78 bits per heavy atom. The summed E-state index contributed by atoms with van der Waals surface area (Å²) < 4.78 is 0. The van der Waals surface area contributed by atoms with Crippen LogP contribution in [-0.2, 0) is 5.33 Å². The fourth-order valence-electron chi connectivity index (χ4n) is 0.623. The van der Waals surface area contributed by atoms with E-state index < -0.39 is 0 Å². The molecule has 9 heavy (non-hydrogen) atoms. The minimum atomic E-state index is 0.857. The first kappa shape index (κ1) is 6.75. The third-order valence-electron chi connectivity index (χ3n) is 1.03. The fourth-order valence-corrected chi connectivity index (χ4v) is 0.950. The van der Waals surface area contributed by atoms with Crippen molar-refractivity contribution in [3.05, 3.63) is 29.6 Å². The number of alkyl halides is 1. The SMILES string of the molecule is Cc1[c]c(CBr)ccn1. The Bertz CT molecular complexity index is 198. The predicted octanol–water partition coefficient (Wildman–Crippen LogP) is 2.09. The highest BCUT2D eigenvalue weighted by molar-refractivity contribution is 9.08. The van der Waals surface area contributed by atoms with Crippen LogP contribution in [0.5, 0.6) is 0 Å². The van der Waals surface area contributed by atoms with E-state index in [2.05, 4.69) is 27.0 Å². The maximum Gasteiger partial charge on any atom is 0.0454 e. The number of hydrogen-bond acceptors (Lipinski definition) is 1. The van der Waals surface area contributed by atoms with Crippen LogP contribution >= 0.6 is 15.9 Å². The molecule has 2 heteroatoms. The average molecular weight is 185 g/mol. The summed E-state index contributed by atoms with van der Waals surface area (Å²) in [6.45, 7) is 1.94. The largest absolute Gasteiger partial charge is 0.261 e. The second kappa shape index (κ2) is 2.97. The Hall–Kier alpha value is -0.370. The zero-order chi connectivity index (χ0) is 6.69. The second-order valence-corrected chi connectivity index (χ2v) is 2.37. The number of hydrogen-bond donors (Lipinski definition) is 0. The first-order valence-electron chi connectivity index (χ1n) is 2.72. The first-order chi connectivity index (χ1) is 4.33. The standard InChI is InChI=1S/C7H7BrN/c1-6-4-7(5-8)2-3-9-6/h2-3H,5H2,1H3. The van der Waals surface area contributed by atoms with Gasteiger partial charge in [-0.1, -0.05) is 15.9 Å². The normalized spacial score (nSPS) is 9.56.